The molecule has 0 radical (unpaired) electrons. The van der Waals surface area contributed by atoms with Crippen molar-refractivity contribution in [2.24, 2.45) is 5.92 Å². The molecule has 1 amide bonds. The predicted molar refractivity (Wildman–Crippen MR) is 83.8 cm³/mol. The molecule has 0 saturated carbocycles. The molecule has 0 aliphatic rings. The third-order valence-corrected chi connectivity index (χ3v) is 4.37. The maximum Gasteiger partial charge on any atom is 0.231 e. The highest BCUT2D eigenvalue weighted by molar-refractivity contribution is 7.99. The summed E-state index contributed by atoms with van der Waals surface area (Å²) in [5, 5.41) is 12.7. The molecule has 0 spiro atoms. The van der Waals surface area contributed by atoms with Crippen LogP contribution >= 0.6 is 11.8 Å². The Bertz CT molecular complexity index is 655. The maximum atomic E-state index is 12.0. The zero-order valence-electron chi connectivity index (χ0n) is 12.3. The number of hydrogen-bond donors (Lipinski definition) is 2. The van der Waals surface area contributed by atoms with Crippen molar-refractivity contribution in [3.05, 3.63) is 24.3 Å². The molecule has 1 atom stereocenters. The Morgan fingerprint density at radius 1 is 1.52 bits per heavy atom. The number of rotatable bonds is 5. The number of thioether (sulfide) groups is 1. The summed E-state index contributed by atoms with van der Waals surface area (Å²) in [5.41, 5.74) is 0.986. The molecular weight excluding hydrogens is 284 g/mol. The number of aromatic amines is 1. The van der Waals surface area contributed by atoms with Gasteiger partial charge in [0.2, 0.25) is 5.91 Å². The third kappa shape index (κ3) is 3.56. The minimum atomic E-state index is -0.842. The van der Waals surface area contributed by atoms with Crippen molar-refractivity contribution < 1.29 is 4.79 Å². The van der Waals surface area contributed by atoms with Gasteiger partial charge in [-0.1, -0.05) is 37.7 Å². The van der Waals surface area contributed by atoms with Crippen molar-refractivity contribution in [1.82, 2.24) is 15.3 Å². The summed E-state index contributed by atoms with van der Waals surface area (Å²) >= 11 is 1.33. The van der Waals surface area contributed by atoms with Crippen LogP contribution in [0.3, 0.4) is 0 Å². The second-order valence-corrected chi connectivity index (χ2v) is 6.33. The first kappa shape index (κ1) is 15.4. The zero-order valence-corrected chi connectivity index (χ0v) is 13.1. The largest absolute Gasteiger partial charge is 0.337 e. The Morgan fingerprint density at radius 2 is 2.24 bits per heavy atom. The van der Waals surface area contributed by atoms with Gasteiger partial charge in [0, 0.05) is 0 Å². The number of nitriles is 1. The Balaban J connectivity index is 1.96. The van der Waals surface area contributed by atoms with Crippen molar-refractivity contribution in [3.63, 3.8) is 0 Å². The minimum absolute atomic E-state index is 0.0441. The Morgan fingerprint density at radius 3 is 2.86 bits per heavy atom. The molecule has 0 saturated heterocycles. The molecular formula is C15H18N4OS. The van der Waals surface area contributed by atoms with E-state index in [1.165, 1.54) is 11.8 Å². The van der Waals surface area contributed by atoms with E-state index in [-0.39, 0.29) is 17.6 Å². The fourth-order valence-corrected chi connectivity index (χ4v) is 2.44. The van der Waals surface area contributed by atoms with Crippen molar-refractivity contribution in [2.45, 2.75) is 31.5 Å². The summed E-state index contributed by atoms with van der Waals surface area (Å²) in [6, 6.07) is 9.88. The number of nitrogens with zero attached hydrogens (tertiary/aromatic N) is 2. The summed E-state index contributed by atoms with van der Waals surface area (Å²) in [7, 11) is 0. The van der Waals surface area contributed by atoms with Crippen LogP contribution in [-0.4, -0.2) is 27.2 Å². The summed E-state index contributed by atoms with van der Waals surface area (Å²) in [6.07, 6.45) is 0. The zero-order chi connectivity index (χ0) is 15.5. The molecule has 0 aliphatic carbocycles. The predicted octanol–water partition coefficient (Wildman–Crippen LogP) is 2.71. The van der Waals surface area contributed by atoms with Crippen LogP contribution in [0.2, 0.25) is 0 Å². The highest BCUT2D eigenvalue weighted by atomic mass is 32.2. The third-order valence-electron chi connectivity index (χ3n) is 3.49. The molecule has 6 heteroatoms. The van der Waals surface area contributed by atoms with Crippen LogP contribution in [0.1, 0.15) is 20.8 Å². The maximum absolute atomic E-state index is 12.0. The van der Waals surface area contributed by atoms with Crippen LogP contribution in [0.25, 0.3) is 11.0 Å². The molecule has 0 fully saturated rings. The number of benzene rings is 1. The molecule has 1 aromatic carbocycles. The summed E-state index contributed by atoms with van der Waals surface area (Å²) in [6.45, 7) is 5.56. The van der Waals surface area contributed by atoms with Gasteiger partial charge in [-0.25, -0.2) is 4.98 Å². The topological polar surface area (TPSA) is 81.6 Å². The Labute approximate surface area is 128 Å². The highest BCUT2D eigenvalue weighted by Gasteiger charge is 2.29. The van der Waals surface area contributed by atoms with Gasteiger partial charge in [-0.2, -0.15) is 5.26 Å². The van der Waals surface area contributed by atoms with Gasteiger partial charge in [-0.15, -0.1) is 0 Å². The number of fused-ring (bicyclic) bond motifs is 1. The van der Waals surface area contributed by atoms with E-state index in [0.717, 1.165) is 11.0 Å². The normalized spacial score (nSPS) is 13.9. The van der Waals surface area contributed by atoms with Gasteiger partial charge in [0.25, 0.3) is 0 Å². The van der Waals surface area contributed by atoms with Crippen molar-refractivity contribution in [1.29, 1.82) is 5.26 Å². The van der Waals surface area contributed by atoms with Crippen LogP contribution in [0, 0.1) is 17.2 Å². The van der Waals surface area contributed by atoms with Gasteiger partial charge in [0.05, 0.1) is 22.9 Å². The number of H-pyrrole nitrogens is 1. The van der Waals surface area contributed by atoms with Gasteiger partial charge >= 0.3 is 0 Å². The number of hydrogen-bond acceptors (Lipinski definition) is 4. The van der Waals surface area contributed by atoms with Gasteiger partial charge < -0.3 is 10.3 Å². The summed E-state index contributed by atoms with van der Waals surface area (Å²) in [4.78, 5) is 19.5. The lowest BCUT2D eigenvalue weighted by Crippen LogP contribution is -2.49. The molecule has 2 aromatic rings. The fraction of sp³-hybridized carbons (Fsp3) is 0.400. The van der Waals surface area contributed by atoms with Gasteiger partial charge in [-0.05, 0) is 25.0 Å². The molecule has 1 heterocycles. The van der Waals surface area contributed by atoms with E-state index in [0.29, 0.717) is 5.16 Å². The SMILES string of the molecule is CC(C)C(C)(C#N)NC(=O)CSc1nc2ccccc2[nH]1. The lowest BCUT2D eigenvalue weighted by molar-refractivity contribution is -0.120. The second-order valence-electron chi connectivity index (χ2n) is 5.36. The van der Waals surface area contributed by atoms with Crippen LogP contribution in [0.15, 0.2) is 29.4 Å². The lowest BCUT2D eigenvalue weighted by atomic mass is 9.90. The van der Waals surface area contributed by atoms with Gasteiger partial charge in [-0.3, -0.25) is 4.79 Å². The molecule has 2 rings (SSSR count). The van der Waals surface area contributed by atoms with Crippen LogP contribution in [-0.2, 0) is 4.79 Å². The number of carbonyl (C=O) groups is 1. The average Bonchev–Trinajstić information content (AvgIpc) is 2.87. The van der Waals surface area contributed by atoms with Crippen LogP contribution < -0.4 is 5.32 Å². The van der Waals surface area contributed by atoms with Crippen molar-refractivity contribution in [3.8, 4) is 6.07 Å². The first-order valence-electron chi connectivity index (χ1n) is 6.74. The average molecular weight is 302 g/mol. The lowest BCUT2D eigenvalue weighted by Gasteiger charge is -2.27. The first-order chi connectivity index (χ1) is 9.94. The molecule has 5 nitrogen and oxygen atoms in total. The number of carbonyl (C=O) groups excluding carboxylic acids is 1. The molecule has 2 N–H and O–H groups in total. The summed E-state index contributed by atoms with van der Waals surface area (Å²) in [5.74, 6) is 0.102. The monoisotopic (exact) mass is 302 g/mol. The Hall–Kier alpha value is -2.00. The molecule has 110 valence electrons. The molecule has 1 aromatic heterocycles. The Kier molecular flexibility index (Phi) is 4.53. The molecule has 1 unspecified atom stereocenters. The number of aromatic nitrogens is 2. The van der Waals surface area contributed by atoms with E-state index in [2.05, 4.69) is 21.4 Å². The van der Waals surface area contributed by atoms with Crippen molar-refractivity contribution in [2.75, 3.05) is 5.75 Å². The second kappa shape index (κ2) is 6.19. The van der Waals surface area contributed by atoms with E-state index in [4.69, 9.17) is 0 Å². The van der Waals surface area contributed by atoms with E-state index < -0.39 is 5.54 Å². The van der Waals surface area contributed by atoms with Crippen LogP contribution in [0.4, 0.5) is 0 Å². The summed E-state index contributed by atoms with van der Waals surface area (Å²) < 4.78 is 0. The van der Waals surface area contributed by atoms with Crippen molar-refractivity contribution >= 4 is 28.7 Å². The van der Waals surface area contributed by atoms with Gasteiger partial charge in [0.1, 0.15) is 5.54 Å². The van der Waals surface area contributed by atoms with Crippen LogP contribution in [0.5, 0.6) is 0 Å². The van der Waals surface area contributed by atoms with E-state index in [1.54, 1.807) is 6.92 Å². The standard InChI is InChI=1S/C15H18N4OS/c1-10(2)15(3,9-16)19-13(20)8-21-14-17-11-6-4-5-7-12(11)18-14/h4-7,10H,8H2,1-3H3,(H,17,18)(H,19,20). The molecule has 21 heavy (non-hydrogen) atoms. The molecule has 0 aliphatic heterocycles. The van der Waals surface area contributed by atoms with E-state index >= 15 is 0 Å². The first-order valence-corrected chi connectivity index (χ1v) is 7.73. The number of amides is 1. The van der Waals surface area contributed by atoms with Gasteiger partial charge in [0.15, 0.2) is 5.16 Å². The smallest absolute Gasteiger partial charge is 0.231 e. The number of nitrogens with one attached hydrogen (secondary N) is 2. The molecule has 0 bridgehead atoms. The minimum Gasteiger partial charge on any atom is -0.337 e. The van der Waals surface area contributed by atoms with E-state index in [9.17, 15) is 10.1 Å². The number of para-hydroxylation sites is 2. The highest BCUT2D eigenvalue weighted by Crippen LogP contribution is 2.20. The number of imidazole rings is 1. The van der Waals surface area contributed by atoms with E-state index in [1.807, 2.05) is 38.1 Å². The fourth-order valence-electron chi connectivity index (χ4n) is 1.76. The quantitative estimate of drug-likeness (QED) is 0.832.